The van der Waals surface area contributed by atoms with Gasteiger partial charge in [0.15, 0.2) is 0 Å². The lowest BCUT2D eigenvalue weighted by atomic mass is 10.0. The van der Waals surface area contributed by atoms with Gasteiger partial charge in [-0.3, -0.25) is 0 Å². The summed E-state index contributed by atoms with van der Waals surface area (Å²) in [5.41, 5.74) is 1.06. The summed E-state index contributed by atoms with van der Waals surface area (Å²) in [6.07, 6.45) is 0. The van der Waals surface area contributed by atoms with Crippen molar-refractivity contribution >= 4 is 0 Å². The lowest BCUT2D eigenvalue weighted by Gasteiger charge is -2.02. The maximum absolute atomic E-state index is 12.5. The van der Waals surface area contributed by atoms with Gasteiger partial charge in [-0.2, -0.15) is 0 Å². The monoisotopic (exact) mass is 168 g/mol. The summed E-state index contributed by atoms with van der Waals surface area (Å²) >= 11 is 0. The van der Waals surface area contributed by atoms with Crippen LogP contribution >= 0.6 is 0 Å². The molecule has 1 aromatic rings. The van der Waals surface area contributed by atoms with Crippen LogP contribution in [-0.2, 0) is 0 Å². The molecule has 0 amide bonds. The van der Waals surface area contributed by atoms with Gasteiger partial charge in [-0.15, -0.1) is 0 Å². The molecule has 0 aliphatic heterocycles. The van der Waals surface area contributed by atoms with E-state index in [2.05, 4.69) is 13.8 Å². The van der Waals surface area contributed by atoms with Crippen LogP contribution in [0.5, 0.6) is 0 Å². The number of rotatable bonds is 1. The molecule has 0 fully saturated rings. The summed E-state index contributed by atoms with van der Waals surface area (Å²) in [5.74, 6) is 0.266. The van der Waals surface area contributed by atoms with E-state index in [1.54, 1.807) is 12.1 Å². The van der Waals surface area contributed by atoms with Crippen LogP contribution in [0.3, 0.4) is 0 Å². The molecule has 1 rings (SSSR count). The van der Waals surface area contributed by atoms with Crippen molar-refractivity contribution in [2.24, 2.45) is 0 Å². The van der Waals surface area contributed by atoms with Gasteiger partial charge in [0.2, 0.25) is 0 Å². The highest BCUT2D eigenvalue weighted by Gasteiger charge is 1.97. The van der Waals surface area contributed by atoms with Crippen molar-refractivity contribution < 1.29 is 4.39 Å². The van der Waals surface area contributed by atoms with Gasteiger partial charge in [0.25, 0.3) is 0 Å². The molecule has 0 heterocycles. The van der Waals surface area contributed by atoms with Crippen molar-refractivity contribution in [2.45, 2.75) is 33.6 Å². The fourth-order valence-electron chi connectivity index (χ4n) is 0.866. The topological polar surface area (TPSA) is 0 Å². The Hall–Kier alpha value is -0.850. The van der Waals surface area contributed by atoms with Gasteiger partial charge >= 0.3 is 0 Å². The predicted octanol–water partition coefficient (Wildman–Crippen LogP) is 3.98. The first-order valence-electron chi connectivity index (χ1n) is 4.45. The van der Waals surface area contributed by atoms with Crippen molar-refractivity contribution in [3.63, 3.8) is 0 Å². The minimum atomic E-state index is -0.147. The second-order valence-electron chi connectivity index (χ2n) is 2.71. The van der Waals surface area contributed by atoms with Crippen LogP contribution in [-0.4, -0.2) is 0 Å². The van der Waals surface area contributed by atoms with Crippen molar-refractivity contribution in [1.82, 2.24) is 0 Å². The zero-order valence-electron chi connectivity index (χ0n) is 8.26. The largest absolute Gasteiger partial charge is 0.207 e. The third-order valence-corrected chi connectivity index (χ3v) is 1.52. The average molecular weight is 168 g/mol. The highest BCUT2D eigenvalue weighted by Crippen LogP contribution is 2.14. The Labute approximate surface area is 74.4 Å². The van der Waals surface area contributed by atoms with Gasteiger partial charge in [-0.1, -0.05) is 39.8 Å². The summed E-state index contributed by atoms with van der Waals surface area (Å²) in [7, 11) is 0. The third-order valence-electron chi connectivity index (χ3n) is 1.52. The zero-order chi connectivity index (χ0) is 9.56. The van der Waals surface area contributed by atoms with E-state index in [1.165, 1.54) is 6.07 Å². The molecule has 0 aromatic heterocycles. The standard InChI is InChI=1S/C9H11F.C2H6/c1-7(2)8-4-3-5-9(10)6-8;1-2/h3-7H,1-2H3;1-2H3. The summed E-state index contributed by atoms with van der Waals surface area (Å²) in [6.45, 7) is 8.10. The molecule has 0 saturated carbocycles. The minimum Gasteiger partial charge on any atom is -0.207 e. The normalized spacial score (nSPS) is 9.17. The number of halogens is 1. The molecule has 0 bridgehead atoms. The van der Waals surface area contributed by atoms with E-state index in [1.807, 2.05) is 19.9 Å². The number of benzene rings is 1. The van der Waals surface area contributed by atoms with Crippen LogP contribution in [0.4, 0.5) is 4.39 Å². The molecule has 0 aliphatic rings. The van der Waals surface area contributed by atoms with Crippen LogP contribution in [0, 0.1) is 5.82 Å². The molecule has 0 nitrogen and oxygen atoms in total. The quantitative estimate of drug-likeness (QED) is 0.595. The van der Waals surface area contributed by atoms with E-state index in [0.29, 0.717) is 5.92 Å². The number of hydrogen-bond donors (Lipinski definition) is 0. The van der Waals surface area contributed by atoms with Gasteiger partial charge in [-0.05, 0) is 23.6 Å². The molecule has 0 N–H and O–H groups in total. The fourth-order valence-corrected chi connectivity index (χ4v) is 0.866. The molecule has 0 atom stereocenters. The van der Waals surface area contributed by atoms with E-state index in [4.69, 9.17) is 0 Å². The van der Waals surface area contributed by atoms with Crippen LogP contribution in [0.25, 0.3) is 0 Å². The second-order valence-corrected chi connectivity index (χ2v) is 2.71. The molecule has 68 valence electrons. The average Bonchev–Trinajstić information content (AvgIpc) is 2.08. The maximum atomic E-state index is 12.5. The van der Waals surface area contributed by atoms with Crippen molar-refractivity contribution in [3.05, 3.63) is 35.6 Å². The Balaban J connectivity index is 0.000000561. The molecule has 0 aliphatic carbocycles. The zero-order valence-corrected chi connectivity index (χ0v) is 8.26. The van der Waals surface area contributed by atoms with Crippen LogP contribution in [0.1, 0.15) is 39.2 Å². The van der Waals surface area contributed by atoms with E-state index < -0.39 is 0 Å². The van der Waals surface area contributed by atoms with Crippen LogP contribution in [0.2, 0.25) is 0 Å². The molecular formula is C11H17F. The molecule has 0 saturated heterocycles. The fraction of sp³-hybridized carbons (Fsp3) is 0.455. The Bertz CT molecular complexity index is 216. The van der Waals surface area contributed by atoms with Gasteiger partial charge < -0.3 is 0 Å². The van der Waals surface area contributed by atoms with Crippen molar-refractivity contribution in [3.8, 4) is 0 Å². The molecule has 1 aromatic carbocycles. The van der Waals surface area contributed by atoms with Crippen molar-refractivity contribution in [2.75, 3.05) is 0 Å². The first-order valence-corrected chi connectivity index (χ1v) is 4.45. The Morgan fingerprint density at radius 2 is 1.75 bits per heavy atom. The Morgan fingerprint density at radius 3 is 2.08 bits per heavy atom. The van der Waals surface area contributed by atoms with Crippen molar-refractivity contribution in [1.29, 1.82) is 0 Å². The summed E-state index contributed by atoms with van der Waals surface area (Å²) < 4.78 is 12.5. The molecule has 0 spiro atoms. The second kappa shape index (κ2) is 5.76. The summed E-state index contributed by atoms with van der Waals surface area (Å²) in [5, 5.41) is 0. The highest BCUT2D eigenvalue weighted by molar-refractivity contribution is 5.19. The summed E-state index contributed by atoms with van der Waals surface area (Å²) in [6, 6.07) is 6.72. The van der Waals surface area contributed by atoms with E-state index in [0.717, 1.165) is 5.56 Å². The minimum absolute atomic E-state index is 0.147. The molecule has 0 unspecified atom stereocenters. The van der Waals surface area contributed by atoms with Crippen LogP contribution < -0.4 is 0 Å². The van der Waals surface area contributed by atoms with Gasteiger partial charge in [0, 0.05) is 0 Å². The molecule has 12 heavy (non-hydrogen) atoms. The third kappa shape index (κ3) is 3.51. The smallest absolute Gasteiger partial charge is 0.123 e. The van der Waals surface area contributed by atoms with E-state index >= 15 is 0 Å². The van der Waals surface area contributed by atoms with Crippen LogP contribution in [0.15, 0.2) is 24.3 Å². The Kier molecular flexibility index (Phi) is 5.35. The van der Waals surface area contributed by atoms with Gasteiger partial charge in [0.05, 0.1) is 0 Å². The molecule has 1 heteroatoms. The predicted molar refractivity (Wildman–Crippen MR) is 51.8 cm³/mol. The SMILES string of the molecule is CC.CC(C)c1cccc(F)c1. The lowest BCUT2D eigenvalue weighted by Crippen LogP contribution is -1.86. The number of hydrogen-bond acceptors (Lipinski definition) is 0. The summed E-state index contributed by atoms with van der Waals surface area (Å²) in [4.78, 5) is 0. The van der Waals surface area contributed by atoms with E-state index in [9.17, 15) is 4.39 Å². The molecular weight excluding hydrogens is 151 g/mol. The van der Waals surface area contributed by atoms with Gasteiger partial charge in [-0.25, -0.2) is 4.39 Å². The maximum Gasteiger partial charge on any atom is 0.123 e. The first-order chi connectivity index (χ1) is 5.70. The first kappa shape index (κ1) is 11.2. The lowest BCUT2D eigenvalue weighted by molar-refractivity contribution is 0.623. The van der Waals surface area contributed by atoms with E-state index in [-0.39, 0.29) is 5.82 Å². The highest BCUT2D eigenvalue weighted by atomic mass is 19.1. The Morgan fingerprint density at radius 1 is 1.17 bits per heavy atom. The van der Waals surface area contributed by atoms with Gasteiger partial charge in [0.1, 0.15) is 5.82 Å². The molecule has 0 radical (unpaired) electrons.